The fourth-order valence-electron chi connectivity index (χ4n) is 5.57. The van der Waals surface area contributed by atoms with Crippen LogP contribution in [0.4, 0.5) is 0 Å². The average molecular weight is 663 g/mol. The van der Waals surface area contributed by atoms with Crippen molar-refractivity contribution < 1.29 is 19.1 Å². The number of rotatable bonds is 5. The molecule has 0 spiro atoms. The Morgan fingerprint density at radius 3 is 2.33 bits per heavy atom. The van der Waals surface area contributed by atoms with Gasteiger partial charge in [-0.05, 0) is 65.5 Å². The number of halogens is 1. The average Bonchev–Trinajstić information content (AvgIpc) is 3.31. The molecule has 1 heterocycles. The van der Waals surface area contributed by atoms with Gasteiger partial charge in [-0.3, -0.25) is 14.4 Å². The van der Waals surface area contributed by atoms with E-state index in [0.29, 0.717) is 34.7 Å². The third-order valence-electron chi connectivity index (χ3n) is 7.45. The molecule has 5 rings (SSSR count). The second-order valence-corrected chi connectivity index (χ2v) is 23.4. The summed E-state index contributed by atoms with van der Waals surface area (Å²) in [7, 11) is -3.37. The van der Waals surface area contributed by atoms with Gasteiger partial charge in [0, 0.05) is 40.1 Å². The van der Waals surface area contributed by atoms with E-state index in [9.17, 15) is 14.4 Å². The molecule has 0 unspecified atom stereocenters. The fraction of sp³-hybridized carbons (Fsp3) is 0.308. The molecule has 3 aromatic carbocycles. The van der Waals surface area contributed by atoms with E-state index in [1.807, 2.05) is 42.5 Å². The number of alkyl halides is 1. The van der Waals surface area contributed by atoms with E-state index in [0.717, 1.165) is 60.0 Å². The van der Waals surface area contributed by atoms with Crippen LogP contribution in [-0.2, 0) is 6.42 Å². The van der Waals surface area contributed by atoms with Crippen molar-refractivity contribution in [2.45, 2.75) is 65.0 Å². The number of fused-ring (bicyclic) bond motifs is 4. The second-order valence-electron chi connectivity index (χ2n) is 13.3. The van der Waals surface area contributed by atoms with E-state index in [1.165, 1.54) is 5.19 Å². The quantitative estimate of drug-likeness (QED) is 0.0549. The summed E-state index contributed by atoms with van der Waals surface area (Å²) in [5.41, 5.74) is 9.10. The monoisotopic (exact) mass is 662 g/mol. The lowest BCUT2D eigenvalue weighted by molar-refractivity contribution is 0.104. The molecule has 0 saturated carbocycles. The highest BCUT2D eigenvalue weighted by atomic mass is 35.5. The van der Waals surface area contributed by atoms with Crippen LogP contribution in [-0.4, -0.2) is 46.5 Å². The maximum atomic E-state index is 13.2. The zero-order valence-corrected chi connectivity index (χ0v) is 30.2. The van der Waals surface area contributed by atoms with Crippen molar-refractivity contribution in [1.82, 2.24) is 0 Å². The van der Waals surface area contributed by atoms with E-state index in [2.05, 4.69) is 74.4 Å². The van der Waals surface area contributed by atoms with Crippen LogP contribution in [0.15, 0.2) is 48.5 Å². The van der Waals surface area contributed by atoms with Gasteiger partial charge in [-0.1, -0.05) is 87.5 Å². The largest absolute Gasteiger partial charge is 0.493 e. The first kappa shape index (κ1) is 34.7. The van der Waals surface area contributed by atoms with Gasteiger partial charge in [0.15, 0.2) is 12.1 Å². The topological polar surface area (TPSA) is 60.4 Å². The predicted octanol–water partition coefficient (Wildman–Crippen LogP) is 7.70. The first-order valence-electron chi connectivity index (χ1n) is 15.6. The van der Waals surface area contributed by atoms with Gasteiger partial charge in [0.1, 0.15) is 13.8 Å². The van der Waals surface area contributed by atoms with E-state index < -0.39 is 16.1 Å². The molecule has 0 atom stereocenters. The van der Waals surface area contributed by atoms with Crippen LogP contribution in [0.25, 0.3) is 11.1 Å². The van der Waals surface area contributed by atoms with Crippen molar-refractivity contribution in [3.8, 4) is 52.0 Å². The van der Waals surface area contributed by atoms with Crippen LogP contribution in [0.2, 0.25) is 39.3 Å². The molecule has 2 aliphatic rings. The van der Waals surface area contributed by atoms with E-state index >= 15 is 0 Å². The Labute approximate surface area is 280 Å². The van der Waals surface area contributed by atoms with Crippen LogP contribution in [0, 0.1) is 35.1 Å². The van der Waals surface area contributed by atoms with Crippen molar-refractivity contribution in [2.24, 2.45) is 0 Å². The third kappa shape index (κ3) is 7.98. The zero-order chi connectivity index (χ0) is 33.5. The number of unbranched alkanes of at least 4 members (excludes halogenated alkanes) is 1. The lowest BCUT2D eigenvalue weighted by Crippen LogP contribution is -2.45. The van der Waals surface area contributed by atoms with Gasteiger partial charge in [0.05, 0.1) is 20.2 Å². The molecule has 1 aliphatic heterocycles. The van der Waals surface area contributed by atoms with Crippen molar-refractivity contribution in [1.29, 1.82) is 0 Å². The SMILES string of the molecule is C[Si](C)(C)C#CC(=O)c1ccccc1C#CC#CCCCCl.C[Si](C)(C)c1c2c(c(C=O)c3c1C(=O)c1ccccc1-3)OCCC2. The number of Topliss-reactive ketones (excluding diaryl/α,β-unsaturated/α-hetero) is 1. The van der Waals surface area contributed by atoms with Gasteiger partial charge in [0.2, 0.25) is 5.78 Å². The normalized spacial score (nSPS) is 12.5. The molecule has 0 N–H and O–H groups in total. The number of ketones is 2. The van der Waals surface area contributed by atoms with Crippen LogP contribution < -0.4 is 9.92 Å². The third-order valence-corrected chi connectivity index (χ3v) is 10.6. The number of hydrogen-bond acceptors (Lipinski definition) is 4. The number of aldehydes is 1. The van der Waals surface area contributed by atoms with Crippen molar-refractivity contribution in [3.63, 3.8) is 0 Å². The molecular formula is C39H39ClO4Si2. The second kappa shape index (κ2) is 15.0. The van der Waals surface area contributed by atoms with Gasteiger partial charge in [-0.2, -0.15) is 0 Å². The number of hydrogen-bond donors (Lipinski definition) is 0. The zero-order valence-electron chi connectivity index (χ0n) is 27.4. The van der Waals surface area contributed by atoms with Gasteiger partial charge < -0.3 is 4.74 Å². The first-order valence-corrected chi connectivity index (χ1v) is 23.1. The molecule has 0 amide bonds. The summed E-state index contributed by atoms with van der Waals surface area (Å²) in [6, 6.07) is 14.9. The minimum atomic E-state index is -1.80. The molecule has 0 aromatic heterocycles. The lowest BCUT2D eigenvalue weighted by atomic mass is 9.93. The first-order chi connectivity index (χ1) is 21.9. The molecular weight excluding hydrogens is 624 g/mol. The molecule has 3 aromatic rings. The summed E-state index contributed by atoms with van der Waals surface area (Å²) in [6.07, 6.45) is 4.28. The molecule has 4 nitrogen and oxygen atoms in total. The van der Waals surface area contributed by atoms with Gasteiger partial charge in [-0.15, -0.1) is 17.1 Å². The highest BCUT2D eigenvalue weighted by molar-refractivity contribution is 6.90. The molecule has 0 bridgehead atoms. The highest BCUT2D eigenvalue weighted by Gasteiger charge is 2.40. The maximum Gasteiger partial charge on any atom is 0.236 e. The highest BCUT2D eigenvalue weighted by Crippen LogP contribution is 2.44. The van der Waals surface area contributed by atoms with Crippen LogP contribution in [0.1, 0.15) is 67.0 Å². The number of carbonyl (C=O) groups is 3. The standard InChI is InChI=1S/C20H20O3Si.C19H19ClOSi/c1-24(2,3)20-14-9-6-10-23-19(14)15(11-21)16-12-7-4-5-8-13(12)18(22)17(16)20;1-22(2,3)16-14-19(21)18-13-9-8-12-17(18)11-7-5-4-6-10-15-20/h4-5,7-8,11H,6,9-10H2,1-3H3;8-9,12-13H,6,10,15H2,1-3H3. The molecule has 0 fully saturated rings. The molecule has 7 heteroatoms. The Morgan fingerprint density at radius 1 is 0.957 bits per heavy atom. The van der Waals surface area contributed by atoms with Crippen LogP contribution >= 0.6 is 11.6 Å². The minimum absolute atomic E-state index is 0.0644. The maximum absolute atomic E-state index is 13.2. The number of carbonyl (C=O) groups excluding carboxylic acids is 3. The molecule has 0 saturated heterocycles. The summed E-state index contributed by atoms with van der Waals surface area (Å²) in [5.74, 6) is 15.4. The van der Waals surface area contributed by atoms with Crippen molar-refractivity contribution in [2.75, 3.05) is 12.5 Å². The Bertz CT molecular complexity index is 1880. The van der Waals surface area contributed by atoms with Crippen molar-refractivity contribution in [3.05, 3.63) is 81.9 Å². The van der Waals surface area contributed by atoms with Crippen molar-refractivity contribution >= 4 is 50.8 Å². The molecule has 1 aliphatic carbocycles. The van der Waals surface area contributed by atoms with E-state index in [1.54, 1.807) is 6.07 Å². The van der Waals surface area contributed by atoms with Crippen LogP contribution in [0.3, 0.4) is 0 Å². The number of ether oxygens (including phenoxy) is 1. The molecule has 234 valence electrons. The summed E-state index contributed by atoms with van der Waals surface area (Å²) in [6.45, 7) is 13.7. The fourth-order valence-corrected chi connectivity index (χ4v) is 8.32. The Hall–Kier alpha value is -4.13. The van der Waals surface area contributed by atoms with Gasteiger partial charge in [-0.25, -0.2) is 0 Å². The lowest BCUT2D eigenvalue weighted by Gasteiger charge is -2.30. The smallest absolute Gasteiger partial charge is 0.236 e. The minimum Gasteiger partial charge on any atom is -0.493 e. The summed E-state index contributed by atoms with van der Waals surface area (Å²) < 4.78 is 5.94. The molecule has 46 heavy (non-hydrogen) atoms. The Kier molecular flexibility index (Phi) is 11.3. The van der Waals surface area contributed by atoms with Gasteiger partial charge in [0.25, 0.3) is 0 Å². The Balaban J connectivity index is 0.000000210. The van der Waals surface area contributed by atoms with Gasteiger partial charge >= 0.3 is 0 Å². The van der Waals surface area contributed by atoms with E-state index in [-0.39, 0.29) is 11.6 Å². The predicted molar refractivity (Wildman–Crippen MR) is 194 cm³/mol. The summed E-state index contributed by atoms with van der Waals surface area (Å²) in [4.78, 5) is 37.3. The van der Waals surface area contributed by atoms with Crippen LogP contribution in [0.5, 0.6) is 5.75 Å². The summed E-state index contributed by atoms with van der Waals surface area (Å²) >= 11 is 5.58. The number of benzene rings is 3. The Morgan fingerprint density at radius 2 is 1.65 bits per heavy atom. The molecule has 0 radical (unpaired) electrons. The summed E-state index contributed by atoms with van der Waals surface area (Å²) in [5, 5.41) is 1.18. The van der Waals surface area contributed by atoms with E-state index in [4.69, 9.17) is 16.3 Å².